The molecule has 1 aliphatic heterocycles. The quantitative estimate of drug-likeness (QED) is 0.536. The molecule has 0 aliphatic carbocycles. The van der Waals surface area contributed by atoms with E-state index in [1.807, 2.05) is 13.0 Å². The van der Waals surface area contributed by atoms with Crippen LogP contribution in [-0.2, 0) is 18.6 Å². The third-order valence-electron chi connectivity index (χ3n) is 1.70. The van der Waals surface area contributed by atoms with Gasteiger partial charge in [0.15, 0.2) is 0 Å². The average molecular weight is 218 g/mol. The molecule has 0 aromatic rings. The summed E-state index contributed by atoms with van der Waals surface area (Å²) < 4.78 is 15.6. The van der Waals surface area contributed by atoms with Gasteiger partial charge in [0.2, 0.25) is 8.38 Å². The van der Waals surface area contributed by atoms with Crippen molar-refractivity contribution in [2.24, 2.45) is 0 Å². The summed E-state index contributed by atoms with van der Waals surface area (Å²) in [6, 6.07) is 0. The molecule has 1 aliphatic rings. The van der Waals surface area contributed by atoms with Crippen molar-refractivity contribution in [3.05, 3.63) is 11.4 Å². The van der Waals surface area contributed by atoms with Crippen LogP contribution in [0.2, 0.25) is 0 Å². The van der Waals surface area contributed by atoms with E-state index in [2.05, 4.69) is 0 Å². The molecule has 0 amide bonds. The van der Waals surface area contributed by atoms with Crippen LogP contribution in [-0.4, -0.2) is 25.8 Å². The minimum absolute atomic E-state index is 0.220. The molecule has 14 heavy (non-hydrogen) atoms. The standard InChI is InChI=1S/C9H15O4P/c1-3-8(7-9(10)11-4-2)14-12-5-6-13-14/h3H,4-7H2,1-2H3/b8-3+. The number of rotatable bonds is 4. The monoisotopic (exact) mass is 218 g/mol. The zero-order chi connectivity index (χ0) is 10.4. The summed E-state index contributed by atoms with van der Waals surface area (Å²) >= 11 is 0. The maximum Gasteiger partial charge on any atom is 0.310 e. The topological polar surface area (TPSA) is 44.8 Å². The lowest BCUT2D eigenvalue weighted by atomic mass is 10.4. The van der Waals surface area contributed by atoms with Crippen LogP contribution in [0.4, 0.5) is 0 Å². The Kier molecular flexibility index (Phi) is 5.09. The molecule has 1 fully saturated rings. The molecule has 0 atom stereocenters. The molecular weight excluding hydrogens is 203 g/mol. The van der Waals surface area contributed by atoms with Crippen LogP contribution in [0.25, 0.3) is 0 Å². The number of ether oxygens (including phenoxy) is 1. The number of carbonyl (C=O) groups is 1. The van der Waals surface area contributed by atoms with Gasteiger partial charge in [-0.3, -0.25) is 4.79 Å². The first kappa shape index (κ1) is 11.6. The molecule has 5 heteroatoms. The number of carbonyl (C=O) groups excluding carboxylic acids is 1. The summed E-state index contributed by atoms with van der Waals surface area (Å²) in [7, 11) is -0.992. The van der Waals surface area contributed by atoms with Crippen LogP contribution in [0.1, 0.15) is 20.3 Å². The fourth-order valence-electron chi connectivity index (χ4n) is 1.08. The molecule has 0 N–H and O–H groups in total. The number of allylic oxidation sites excluding steroid dienone is 1. The first-order valence-corrected chi connectivity index (χ1v) is 5.82. The second-order valence-electron chi connectivity index (χ2n) is 2.69. The van der Waals surface area contributed by atoms with Crippen molar-refractivity contribution in [2.75, 3.05) is 19.8 Å². The molecule has 4 nitrogen and oxygen atoms in total. The molecular formula is C9H15O4P. The molecule has 1 saturated heterocycles. The Morgan fingerprint density at radius 2 is 2.14 bits per heavy atom. The Hall–Kier alpha value is -0.440. The molecule has 0 radical (unpaired) electrons. The summed E-state index contributed by atoms with van der Waals surface area (Å²) in [5, 5.41) is 0.899. The average Bonchev–Trinajstić information content (AvgIpc) is 2.67. The Balaban J connectivity index is 2.42. The summed E-state index contributed by atoms with van der Waals surface area (Å²) in [4.78, 5) is 11.2. The molecule has 0 bridgehead atoms. The lowest BCUT2D eigenvalue weighted by Gasteiger charge is -2.11. The third kappa shape index (κ3) is 3.37. The van der Waals surface area contributed by atoms with E-state index in [4.69, 9.17) is 13.8 Å². The van der Waals surface area contributed by atoms with Crippen LogP contribution in [0.5, 0.6) is 0 Å². The van der Waals surface area contributed by atoms with Crippen molar-refractivity contribution in [1.29, 1.82) is 0 Å². The molecule has 0 saturated carbocycles. The highest BCUT2D eigenvalue weighted by molar-refractivity contribution is 7.52. The Morgan fingerprint density at radius 3 is 2.64 bits per heavy atom. The lowest BCUT2D eigenvalue weighted by Crippen LogP contribution is -2.04. The van der Waals surface area contributed by atoms with Crippen LogP contribution in [0.3, 0.4) is 0 Å². The van der Waals surface area contributed by atoms with Crippen molar-refractivity contribution in [3.8, 4) is 0 Å². The number of esters is 1. The van der Waals surface area contributed by atoms with Crippen molar-refractivity contribution in [3.63, 3.8) is 0 Å². The van der Waals surface area contributed by atoms with E-state index >= 15 is 0 Å². The first-order valence-electron chi connectivity index (χ1n) is 4.64. The molecule has 0 aromatic heterocycles. The van der Waals surface area contributed by atoms with E-state index in [1.54, 1.807) is 6.92 Å². The van der Waals surface area contributed by atoms with Gasteiger partial charge < -0.3 is 13.8 Å². The van der Waals surface area contributed by atoms with Crippen LogP contribution < -0.4 is 0 Å². The zero-order valence-electron chi connectivity index (χ0n) is 8.49. The van der Waals surface area contributed by atoms with Gasteiger partial charge >= 0.3 is 5.97 Å². The highest BCUT2D eigenvalue weighted by Gasteiger charge is 2.23. The van der Waals surface area contributed by atoms with Crippen molar-refractivity contribution < 1.29 is 18.6 Å². The molecule has 0 unspecified atom stereocenters. The van der Waals surface area contributed by atoms with E-state index in [0.717, 1.165) is 5.31 Å². The van der Waals surface area contributed by atoms with Crippen molar-refractivity contribution >= 4 is 14.3 Å². The molecule has 1 heterocycles. The second kappa shape index (κ2) is 6.12. The minimum atomic E-state index is -0.992. The highest BCUT2D eigenvalue weighted by atomic mass is 31.2. The van der Waals surface area contributed by atoms with E-state index in [0.29, 0.717) is 19.8 Å². The highest BCUT2D eigenvalue weighted by Crippen LogP contribution is 2.51. The van der Waals surface area contributed by atoms with E-state index in [1.165, 1.54) is 0 Å². The molecule has 80 valence electrons. The third-order valence-corrected chi connectivity index (χ3v) is 3.42. The fourth-order valence-corrected chi connectivity index (χ4v) is 2.43. The van der Waals surface area contributed by atoms with Gasteiger partial charge in [0, 0.05) is 5.31 Å². The summed E-state index contributed by atoms with van der Waals surface area (Å²) in [6.45, 7) is 5.32. The van der Waals surface area contributed by atoms with Gasteiger partial charge in [0.05, 0.1) is 26.2 Å². The molecule has 0 aromatic carbocycles. The van der Waals surface area contributed by atoms with Gasteiger partial charge in [0.1, 0.15) is 0 Å². The zero-order valence-corrected chi connectivity index (χ0v) is 9.38. The van der Waals surface area contributed by atoms with Gasteiger partial charge in [0.25, 0.3) is 0 Å². The smallest absolute Gasteiger partial charge is 0.310 e. The molecule has 1 rings (SSSR count). The van der Waals surface area contributed by atoms with Gasteiger partial charge in [-0.1, -0.05) is 6.08 Å². The second-order valence-corrected chi connectivity index (χ2v) is 4.29. The largest absolute Gasteiger partial charge is 0.466 e. The van der Waals surface area contributed by atoms with Gasteiger partial charge in [-0.15, -0.1) is 0 Å². The summed E-state index contributed by atoms with van der Waals surface area (Å²) in [6.07, 6.45) is 2.14. The van der Waals surface area contributed by atoms with Crippen molar-refractivity contribution in [1.82, 2.24) is 0 Å². The maximum atomic E-state index is 11.2. The normalized spacial score (nSPS) is 18.6. The Morgan fingerprint density at radius 1 is 1.50 bits per heavy atom. The SMILES string of the molecule is C/C=C(\CC(=O)OCC)P1OCCO1. The van der Waals surface area contributed by atoms with Gasteiger partial charge in [-0.2, -0.15) is 0 Å². The van der Waals surface area contributed by atoms with E-state index < -0.39 is 8.38 Å². The van der Waals surface area contributed by atoms with E-state index in [9.17, 15) is 4.79 Å². The molecule has 0 spiro atoms. The van der Waals surface area contributed by atoms with Crippen LogP contribution in [0.15, 0.2) is 11.4 Å². The van der Waals surface area contributed by atoms with Crippen molar-refractivity contribution in [2.45, 2.75) is 20.3 Å². The summed E-state index contributed by atoms with van der Waals surface area (Å²) in [5.74, 6) is -0.220. The minimum Gasteiger partial charge on any atom is -0.466 e. The Labute approximate surface area is 85.1 Å². The maximum absolute atomic E-state index is 11.2. The predicted molar refractivity (Wildman–Crippen MR) is 53.8 cm³/mol. The number of hydrogen-bond donors (Lipinski definition) is 0. The van der Waals surface area contributed by atoms with Crippen LogP contribution in [0, 0.1) is 0 Å². The Bertz CT molecular complexity index is 221. The van der Waals surface area contributed by atoms with Gasteiger partial charge in [-0.25, -0.2) is 0 Å². The van der Waals surface area contributed by atoms with Crippen LogP contribution >= 0.6 is 8.38 Å². The number of hydrogen-bond acceptors (Lipinski definition) is 4. The summed E-state index contributed by atoms with van der Waals surface area (Å²) in [5.41, 5.74) is 0. The fraction of sp³-hybridized carbons (Fsp3) is 0.667. The predicted octanol–water partition coefficient (Wildman–Crippen LogP) is 2.20. The van der Waals surface area contributed by atoms with Gasteiger partial charge in [-0.05, 0) is 13.8 Å². The first-order chi connectivity index (χ1) is 6.77. The lowest BCUT2D eigenvalue weighted by molar-refractivity contribution is -0.142. The van der Waals surface area contributed by atoms with E-state index in [-0.39, 0.29) is 12.4 Å².